The van der Waals surface area contributed by atoms with Crippen LogP contribution in [-0.2, 0) is 5.41 Å². The second-order valence-electron chi connectivity index (χ2n) is 18.2. The van der Waals surface area contributed by atoms with Gasteiger partial charge in [0.15, 0.2) is 5.84 Å². The number of furan rings is 1. The molecule has 0 bridgehead atoms. The summed E-state index contributed by atoms with van der Waals surface area (Å²) in [6.45, 7) is 4.65. The third-order valence-corrected chi connectivity index (χ3v) is 15.3. The van der Waals surface area contributed by atoms with E-state index in [4.69, 9.17) is 14.4 Å². The normalized spacial score (nSPS) is 15.5. The number of para-hydroxylation sites is 2. The first-order valence-corrected chi connectivity index (χ1v) is 23.5. The molecule has 5 nitrogen and oxygen atoms in total. The van der Waals surface area contributed by atoms with Gasteiger partial charge in [-0.25, -0.2) is 4.99 Å². The molecule has 2 aliphatic rings. The molecule has 66 heavy (non-hydrogen) atoms. The van der Waals surface area contributed by atoms with Crippen LogP contribution in [0.1, 0.15) is 47.8 Å². The third-order valence-electron chi connectivity index (χ3n) is 14.2. The van der Waals surface area contributed by atoms with E-state index in [-0.39, 0.29) is 11.6 Å². The molecule has 1 aliphatic heterocycles. The Kier molecular flexibility index (Phi) is 7.98. The maximum Gasteiger partial charge on any atom is 0.236 e. The smallest absolute Gasteiger partial charge is 0.236 e. The Hall–Kier alpha value is -7.90. The summed E-state index contributed by atoms with van der Waals surface area (Å²) in [6.07, 6.45) is -0.212. The van der Waals surface area contributed by atoms with Crippen molar-refractivity contribution in [2.45, 2.75) is 25.4 Å². The highest BCUT2D eigenvalue weighted by atomic mass is 32.1. The zero-order valence-electron chi connectivity index (χ0n) is 36.3. The number of nitrogens with two attached hydrogens (primary N) is 1. The van der Waals surface area contributed by atoms with E-state index in [1.165, 1.54) is 75.5 Å². The minimum atomic E-state index is -0.212. The summed E-state index contributed by atoms with van der Waals surface area (Å²) in [5, 5.41) is 9.41. The third kappa shape index (κ3) is 5.49. The Labute approximate surface area is 384 Å². The number of nitrogens with zero attached hydrogens (tertiary/aromatic N) is 3. The van der Waals surface area contributed by atoms with Crippen LogP contribution in [-0.4, -0.2) is 16.2 Å². The lowest BCUT2D eigenvalue weighted by Crippen LogP contribution is -2.90. The fraction of sp³-hybridized carbons (Fsp3) is 0.0667. The molecule has 4 heterocycles. The number of benzene rings is 9. The molecule has 1 atom stereocenters. The zero-order chi connectivity index (χ0) is 43.7. The van der Waals surface area contributed by atoms with Crippen LogP contribution in [0.25, 0.3) is 91.9 Å². The number of hydrogen-bond donors (Lipinski definition) is 1. The molecule has 0 fully saturated rings. The van der Waals surface area contributed by atoms with Gasteiger partial charge in [-0.1, -0.05) is 147 Å². The first-order valence-electron chi connectivity index (χ1n) is 22.7. The van der Waals surface area contributed by atoms with Crippen molar-refractivity contribution in [2.75, 3.05) is 0 Å². The van der Waals surface area contributed by atoms with E-state index in [9.17, 15) is 0 Å². The van der Waals surface area contributed by atoms with E-state index >= 15 is 0 Å². The number of quaternary nitrogens is 1. The fourth-order valence-electron chi connectivity index (χ4n) is 11.1. The van der Waals surface area contributed by atoms with Gasteiger partial charge in [0.25, 0.3) is 0 Å². The summed E-state index contributed by atoms with van der Waals surface area (Å²) >= 11 is 1.86. The number of aliphatic imine (C=N–C) groups is 2. The lowest BCUT2D eigenvalue weighted by Gasteiger charge is -2.23. The van der Waals surface area contributed by atoms with Crippen LogP contribution in [0.15, 0.2) is 209 Å². The van der Waals surface area contributed by atoms with Crippen molar-refractivity contribution in [3.05, 3.63) is 222 Å². The van der Waals surface area contributed by atoms with E-state index in [0.717, 1.165) is 55.9 Å². The van der Waals surface area contributed by atoms with Crippen LogP contribution in [0.4, 0.5) is 0 Å². The van der Waals surface area contributed by atoms with Crippen molar-refractivity contribution in [1.82, 2.24) is 4.57 Å². The molecule has 0 radical (unpaired) electrons. The van der Waals surface area contributed by atoms with E-state index < -0.39 is 0 Å². The zero-order valence-corrected chi connectivity index (χ0v) is 37.1. The predicted molar refractivity (Wildman–Crippen MR) is 275 cm³/mol. The number of amidine groups is 2. The van der Waals surface area contributed by atoms with Crippen LogP contribution >= 0.6 is 11.3 Å². The number of thiophene rings is 1. The summed E-state index contributed by atoms with van der Waals surface area (Å²) in [5.41, 5.74) is 15.9. The van der Waals surface area contributed by atoms with Gasteiger partial charge in [-0.3, -0.25) is 5.32 Å². The lowest BCUT2D eigenvalue weighted by atomic mass is 9.82. The highest BCUT2D eigenvalue weighted by molar-refractivity contribution is 7.26. The highest BCUT2D eigenvalue weighted by Crippen LogP contribution is 2.49. The molecule has 2 N–H and O–H groups in total. The number of hydrogen-bond acceptors (Lipinski definition) is 4. The summed E-state index contributed by atoms with van der Waals surface area (Å²) in [6, 6.07) is 70.3. The summed E-state index contributed by atoms with van der Waals surface area (Å²) in [4.78, 5) is 10.8. The standard InChI is InChI=1S/C60H40N4OS/c1-60(2)47-21-9-6-16-40(47)41-29-26-37(33-48(41)60)58-61-57(35-14-4-3-5-15-35)62-59(63-58)45-20-12-24-52-55(45)46-32-36(27-31-51(46)65-52)39-19-13-25-53-56(39)44-30-28-38(34-54(44)66-53)64-49-22-10-7-17-42(49)43-18-8-11-23-50(43)64/h3-34,57H,1-2H3,(H,61,62,63)/p+1. The monoisotopic (exact) mass is 865 g/mol. The van der Waals surface area contributed by atoms with Gasteiger partial charge in [0.05, 0.1) is 16.6 Å². The van der Waals surface area contributed by atoms with Crippen LogP contribution < -0.4 is 5.32 Å². The van der Waals surface area contributed by atoms with Gasteiger partial charge in [0.2, 0.25) is 12.0 Å². The van der Waals surface area contributed by atoms with Crippen LogP contribution in [0, 0.1) is 0 Å². The van der Waals surface area contributed by atoms with Gasteiger partial charge in [-0.05, 0) is 94.0 Å². The quantitative estimate of drug-likeness (QED) is 0.184. The topological polar surface area (TPSA) is 59.4 Å². The van der Waals surface area contributed by atoms with E-state index in [0.29, 0.717) is 0 Å². The van der Waals surface area contributed by atoms with Crippen molar-refractivity contribution in [3.63, 3.8) is 0 Å². The molecule has 0 saturated heterocycles. The molecule has 12 aromatic rings. The molecule has 14 rings (SSSR count). The first kappa shape index (κ1) is 37.5. The molecule has 6 heteroatoms. The Balaban J connectivity index is 0.903. The van der Waals surface area contributed by atoms with Gasteiger partial charge < -0.3 is 8.98 Å². The Morgan fingerprint density at radius 1 is 0.515 bits per heavy atom. The molecule has 1 unspecified atom stereocenters. The number of aromatic nitrogens is 1. The summed E-state index contributed by atoms with van der Waals surface area (Å²) in [5.74, 6) is 1.62. The average Bonchev–Trinajstić information content (AvgIpc) is 4.10. The maximum atomic E-state index is 6.65. The number of fused-ring (bicyclic) bond motifs is 12. The molecule has 0 amide bonds. The molecule has 9 aromatic carbocycles. The summed E-state index contributed by atoms with van der Waals surface area (Å²) in [7, 11) is 0. The Morgan fingerprint density at radius 2 is 1.23 bits per heavy atom. The SMILES string of the molecule is CC1(C)c2ccccc2-c2ccc(C3=NC(c4ccccc4)[NH2+]C(c4cccc5oc6ccc(-c7cccc8sc9cc(-n%10c%11ccccc%11c%11ccccc%11%10)ccc9c78)cc6c45)=N3)cc21. The lowest BCUT2D eigenvalue weighted by molar-refractivity contribution is -0.586. The van der Waals surface area contributed by atoms with Gasteiger partial charge in [0, 0.05) is 63.9 Å². The highest BCUT2D eigenvalue weighted by Gasteiger charge is 2.36. The van der Waals surface area contributed by atoms with Gasteiger partial charge in [-0.2, -0.15) is 4.99 Å². The molecule has 0 spiro atoms. The first-order chi connectivity index (χ1) is 32.5. The van der Waals surface area contributed by atoms with Crippen LogP contribution in [0.5, 0.6) is 0 Å². The Morgan fingerprint density at radius 3 is 2.08 bits per heavy atom. The Bertz CT molecular complexity index is 4020. The molecule has 1 aliphatic carbocycles. The molecule has 312 valence electrons. The molecular formula is C60H41N4OS+. The van der Waals surface area contributed by atoms with Crippen LogP contribution in [0.3, 0.4) is 0 Å². The molecule has 0 saturated carbocycles. The van der Waals surface area contributed by atoms with Crippen molar-refractivity contribution in [3.8, 4) is 27.9 Å². The molecular weight excluding hydrogens is 825 g/mol. The minimum Gasteiger partial charge on any atom is -0.456 e. The second kappa shape index (κ2) is 14.0. The van der Waals surface area contributed by atoms with E-state index in [2.05, 4.69) is 218 Å². The minimum absolute atomic E-state index is 0.135. The van der Waals surface area contributed by atoms with Crippen molar-refractivity contribution in [2.24, 2.45) is 9.98 Å². The molecule has 3 aromatic heterocycles. The van der Waals surface area contributed by atoms with E-state index in [1.807, 2.05) is 11.3 Å². The van der Waals surface area contributed by atoms with Gasteiger partial charge in [-0.15, -0.1) is 11.3 Å². The van der Waals surface area contributed by atoms with Crippen molar-refractivity contribution < 1.29 is 9.73 Å². The van der Waals surface area contributed by atoms with E-state index in [1.54, 1.807) is 0 Å². The van der Waals surface area contributed by atoms with Crippen molar-refractivity contribution in [1.29, 1.82) is 0 Å². The van der Waals surface area contributed by atoms with Gasteiger partial charge >= 0.3 is 0 Å². The predicted octanol–water partition coefficient (Wildman–Crippen LogP) is 14.5. The maximum absolute atomic E-state index is 6.65. The fourth-order valence-corrected chi connectivity index (χ4v) is 12.2. The average molecular weight is 866 g/mol. The van der Waals surface area contributed by atoms with Gasteiger partial charge in [0.1, 0.15) is 11.2 Å². The largest absolute Gasteiger partial charge is 0.456 e. The summed E-state index contributed by atoms with van der Waals surface area (Å²) < 4.78 is 11.6. The second-order valence-corrected chi connectivity index (χ2v) is 19.3. The number of rotatable bonds is 5. The van der Waals surface area contributed by atoms with Crippen molar-refractivity contribution >= 4 is 86.9 Å². The van der Waals surface area contributed by atoms with Crippen LogP contribution in [0.2, 0.25) is 0 Å².